The van der Waals surface area contributed by atoms with E-state index >= 15 is 0 Å². The van der Waals surface area contributed by atoms with Crippen molar-refractivity contribution in [2.24, 2.45) is 7.05 Å². The lowest BCUT2D eigenvalue weighted by Crippen LogP contribution is -2.14. The molecule has 6 heteroatoms. The van der Waals surface area contributed by atoms with E-state index in [0.29, 0.717) is 0 Å². The monoisotopic (exact) mass is 286 g/mol. The Bertz CT molecular complexity index is 397. The van der Waals surface area contributed by atoms with Crippen molar-refractivity contribution in [2.45, 2.75) is 13.1 Å². The predicted octanol–water partition coefficient (Wildman–Crippen LogP) is 1.93. The third-order valence-electron chi connectivity index (χ3n) is 2.09. The number of aromatic nitrogens is 3. The van der Waals surface area contributed by atoms with E-state index in [1.54, 1.807) is 22.2 Å². The van der Waals surface area contributed by atoms with Crippen LogP contribution in [-0.2, 0) is 20.1 Å². The molecule has 2 rings (SSSR count). The maximum atomic E-state index is 3.87. The average molecular weight is 287 g/mol. The summed E-state index contributed by atoms with van der Waals surface area (Å²) in [6, 6.07) is 2.06. The molecule has 0 unspecified atom stereocenters. The number of hydrogen-bond acceptors (Lipinski definition) is 4. The maximum absolute atomic E-state index is 3.87. The second-order valence-corrected chi connectivity index (χ2v) is 5.00. The topological polar surface area (TPSA) is 42.7 Å². The van der Waals surface area contributed by atoms with Crippen molar-refractivity contribution >= 4 is 27.3 Å². The van der Waals surface area contributed by atoms with Gasteiger partial charge in [-0.05, 0) is 27.4 Å². The van der Waals surface area contributed by atoms with Gasteiger partial charge >= 0.3 is 0 Å². The molecule has 0 aliphatic carbocycles. The molecule has 0 aliphatic heterocycles. The summed E-state index contributed by atoms with van der Waals surface area (Å²) in [5, 5.41) is 13.1. The van der Waals surface area contributed by atoms with Gasteiger partial charge in [-0.25, -0.2) is 0 Å². The fourth-order valence-corrected chi connectivity index (χ4v) is 2.69. The Morgan fingerprint density at radius 2 is 2.40 bits per heavy atom. The Labute approximate surface area is 100 Å². The minimum atomic E-state index is 0.786. The molecular weight excluding hydrogens is 276 g/mol. The number of nitrogens with zero attached hydrogens (tertiary/aromatic N) is 3. The lowest BCUT2D eigenvalue weighted by Gasteiger charge is -2.03. The number of thiophene rings is 1. The Morgan fingerprint density at radius 1 is 1.53 bits per heavy atom. The summed E-state index contributed by atoms with van der Waals surface area (Å²) in [6.45, 7) is 1.65. The molecule has 80 valence electrons. The SMILES string of the molecule is Cn1nncc1CNCc1sccc1Br. The van der Waals surface area contributed by atoms with Gasteiger partial charge in [0.05, 0.1) is 11.9 Å². The first-order valence-electron chi connectivity index (χ1n) is 4.53. The lowest BCUT2D eigenvalue weighted by atomic mass is 10.4. The second kappa shape index (κ2) is 4.87. The molecule has 0 radical (unpaired) electrons. The Kier molecular flexibility index (Phi) is 3.50. The Balaban J connectivity index is 1.86. The highest BCUT2D eigenvalue weighted by atomic mass is 79.9. The van der Waals surface area contributed by atoms with Gasteiger partial charge < -0.3 is 5.32 Å². The van der Waals surface area contributed by atoms with Crippen LogP contribution in [0.4, 0.5) is 0 Å². The second-order valence-electron chi connectivity index (χ2n) is 3.14. The van der Waals surface area contributed by atoms with E-state index < -0.39 is 0 Å². The molecule has 0 spiro atoms. The van der Waals surface area contributed by atoms with Crippen LogP contribution in [-0.4, -0.2) is 15.0 Å². The first kappa shape index (κ1) is 10.8. The van der Waals surface area contributed by atoms with E-state index in [-0.39, 0.29) is 0 Å². The Hall–Kier alpha value is -0.720. The summed E-state index contributed by atoms with van der Waals surface area (Å²) in [6.07, 6.45) is 1.77. The molecule has 15 heavy (non-hydrogen) atoms. The number of nitrogens with one attached hydrogen (secondary N) is 1. The van der Waals surface area contributed by atoms with Crippen LogP contribution in [0.3, 0.4) is 0 Å². The molecule has 0 fully saturated rings. The molecule has 4 nitrogen and oxygen atoms in total. The van der Waals surface area contributed by atoms with E-state index in [2.05, 4.69) is 43.0 Å². The van der Waals surface area contributed by atoms with Crippen molar-refractivity contribution in [3.8, 4) is 0 Å². The zero-order chi connectivity index (χ0) is 10.7. The number of aryl methyl sites for hydroxylation is 1. The van der Waals surface area contributed by atoms with E-state index in [1.165, 1.54) is 9.35 Å². The van der Waals surface area contributed by atoms with Gasteiger partial charge in [-0.1, -0.05) is 5.21 Å². The van der Waals surface area contributed by atoms with Crippen LogP contribution in [0.25, 0.3) is 0 Å². The third kappa shape index (κ3) is 2.64. The summed E-state index contributed by atoms with van der Waals surface area (Å²) in [5.41, 5.74) is 1.09. The van der Waals surface area contributed by atoms with Gasteiger partial charge in [0, 0.05) is 29.5 Å². The maximum Gasteiger partial charge on any atom is 0.0738 e. The first-order chi connectivity index (χ1) is 7.27. The highest BCUT2D eigenvalue weighted by molar-refractivity contribution is 9.10. The summed E-state index contributed by atoms with van der Waals surface area (Å²) in [4.78, 5) is 1.31. The average Bonchev–Trinajstić information content (AvgIpc) is 2.78. The lowest BCUT2D eigenvalue weighted by molar-refractivity contribution is 0.619. The van der Waals surface area contributed by atoms with Crippen molar-refractivity contribution < 1.29 is 0 Å². The molecule has 0 aromatic carbocycles. The van der Waals surface area contributed by atoms with Crippen LogP contribution in [0.5, 0.6) is 0 Å². The fourth-order valence-electron chi connectivity index (χ4n) is 1.23. The molecule has 1 N–H and O–H groups in total. The standard InChI is InChI=1S/C9H11BrN4S/c1-14-7(5-12-13-14)4-11-6-9-8(10)2-3-15-9/h2-3,5,11H,4,6H2,1H3. The number of hydrogen-bond donors (Lipinski definition) is 1. The smallest absolute Gasteiger partial charge is 0.0738 e. The zero-order valence-electron chi connectivity index (χ0n) is 8.27. The fraction of sp³-hybridized carbons (Fsp3) is 0.333. The van der Waals surface area contributed by atoms with Crippen molar-refractivity contribution in [2.75, 3.05) is 0 Å². The normalized spacial score (nSPS) is 10.8. The highest BCUT2D eigenvalue weighted by Gasteiger charge is 2.02. The molecule has 0 saturated heterocycles. The van der Waals surface area contributed by atoms with Crippen molar-refractivity contribution in [1.29, 1.82) is 0 Å². The van der Waals surface area contributed by atoms with E-state index in [1.807, 2.05) is 7.05 Å². The van der Waals surface area contributed by atoms with Crippen LogP contribution < -0.4 is 5.32 Å². The number of halogens is 1. The van der Waals surface area contributed by atoms with Crippen molar-refractivity contribution in [3.63, 3.8) is 0 Å². The molecule has 0 amide bonds. The van der Waals surface area contributed by atoms with Crippen LogP contribution in [0.15, 0.2) is 22.1 Å². The van der Waals surface area contributed by atoms with Gasteiger partial charge in [0.2, 0.25) is 0 Å². The van der Waals surface area contributed by atoms with Crippen molar-refractivity contribution in [1.82, 2.24) is 20.3 Å². The minimum absolute atomic E-state index is 0.786. The summed E-state index contributed by atoms with van der Waals surface area (Å²) in [5.74, 6) is 0. The van der Waals surface area contributed by atoms with Gasteiger partial charge in [0.1, 0.15) is 0 Å². The molecule has 2 heterocycles. The third-order valence-corrected chi connectivity index (χ3v) is 4.02. The molecule has 0 atom stereocenters. The largest absolute Gasteiger partial charge is 0.306 e. The Morgan fingerprint density at radius 3 is 3.00 bits per heavy atom. The minimum Gasteiger partial charge on any atom is -0.306 e. The molecule has 2 aromatic heterocycles. The quantitative estimate of drug-likeness (QED) is 0.934. The van der Waals surface area contributed by atoms with Crippen LogP contribution >= 0.6 is 27.3 Å². The first-order valence-corrected chi connectivity index (χ1v) is 6.21. The van der Waals surface area contributed by atoms with Gasteiger partial charge in [-0.15, -0.1) is 16.4 Å². The van der Waals surface area contributed by atoms with Crippen LogP contribution in [0, 0.1) is 0 Å². The zero-order valence-corrected chi connectivity index (χ0v) is 10.7. The number of rotatable bonds is 4. The molecule has 0 saturated carbocycles. The summed E-state index contributed by atoms with van der Waals surface area (Å²) >= 11 is 5.24. The van der Waals surface area contributed by atoms with Crippen LogP contribution in [0.1, 0.15) is 10.6 Å². The van der Waals surface area contributed by atoms with E-state index in [0.717, 1.165) is 18.8 Å². The predicted molar refractivity (Wildman–Crippen MR) is 63.6 cm³/mol. The summed E-state index contributed by atoms with van der Waals surface area (Å²) in [7, 11) is 1.89. The molecular formula is C9H11BrN4S. The van der Waals surface area contributed by atoms with Crippen LogP contribution in [0.2, 0.25) is 0 Å². The molecule has 0 bridgehead atoms. The van der Waals surface area contributed by atoms with Crippen molar-refractivity contribution in [3.05, 3.63) is 32.7 Å². The van der Waals surface area contributed by atoms with Gasteiger partial charge in [0.15, 0.2) is 0 Å². The highest BCUT2D eigenvalue weighted by Crippen LogP contribution is 2.22. The van der Waals surface area contributed by atoms with Gasteiger partial charge in [-0.2, -0.15) is 0 Å². The van der Waals surface area contributed by atoms with E-state index in [4.69, 9.17) is 0 Å². The van der Waals surface area contributed by atoms with Gasteiger partial charge in [0.25, 0.3) is 0 Å². The molecule has 2 aromatic rings. The van der Waals surface area contributed by atoms with Gasteiger partial charge in [-0.3, -0.25) is 4.68 Å². The van der Waals surface area contributed by atoms with E-state index in [9.17, 15) is 0 Å². The summed E-state index contributed by atoms with van der Waals surface area (Å²) < 4.78 is 2.94. The molecule has 0 aliphatic rings.